The van der Waals surface area contributed by atoms with Crippen molar-refractivity contribution in [3.05, 3.63) is 52.8 Å². The minimum Gasteiger partial charge on any atom is -0.288 e. The maximum atomic E-state index is 12.4. The first kappa shape index (κ1) is 12.8. The number of aromatic nitrogens is 2. The SMILES string of the molecule is CSc1ncc(C(=O)c2ccccc2C)c(C)n1. The first-order valence-electron chi connectivity index (χ1n) is 5.61. The van der Waals surface area contributed by atoms with Crippen molar-refractivity contribution in [1.29, 1.82) is 0 Å². The Balaban J connectivity index is 2.44. The van der Waals surface area contributed by atoms with Crippen LogP contribution in [0.15, 0.2) is 35.6 Å². The number of rotatable bonds is 3. The summed E-state index contributed by atoms with van der Waals surface area (Å²) in [6.07, 6.45) is 3.53. The van der Waals surface area contributed by atoms with Gasteiger partial charge in [-0.1, -0.05) is 36.0 Å². The lowest BCUT2D eigenvalue weighted by molar-refractivity contribution is 0.103. The third kappa shape index (κ3) is 2.43. The van der Waals surface area contributed by atoms with E-state index in [2.05, 4.69) is 9.97 Å². The first-order valence-corrected chi connectivity index (χ1v) is 6.84. The molecule has 0 atom stereocenters. The molecule has 2 aromatic rings. The van der Waals surface area contributed by atoms with Gasteiger partial charge in [-0.25, -0.2) is 9.97 Å². The first-order chi connectivity index (χ1) is 8.63. The normalized spacial score (nSPS) is 10.4. The van der Waals surface area contributed by atoms with Crippen LogP contribution in [0.2, 0.25) is 0 Å². The van der Waals surface area contributed by atoms with Crippen molar-refractivity contribution in [2.45, 2.75) is 19.0 Å². The molecule has 0 aliphatic carbocycles. The Labute approximate surface area is 111 Å². The molecule has 0 aliphatic heterocycles. The molecule has 2 rings (SSSR count). The van der Waals surface area contributed by atoms with Crippen molar-refractivity contribution < 1.29 is 4.79 Å². The molecule has 0 saturated carbocycles. The van der Waals surface area contributed by atoms with Crippen LogP contribution in [-0.4, -0.2) is 22.0 Å². The number of carbonyl (C=O) groups excluding carboxylic acids is 1. The number of hydrogen-bond donors (Lipinski definition) is 0. The second kappa shape index (κ2) is 5.31. The van der Waals surface area contributed by atoms with Gasteiger partial charge in [0.25, 0.3) is 0 Å². The molecule has 0 saturated heterocycles. The van der Waals surface area contributed by atoms with Crippen LogP contribution in [0.4, 0.5) is 0 Å². The van der Waals surface area contributed by atoms with Crippen LogP contribution in [-0.2, 0) is 0 Å². The fraction of sp³-hybridized carbons (Fsp3) is 0.214. The summed E-state index contributed by atoms with van der Waals surface area (Å²) in [5.74, 6) is -0.0155. The van der Waals surface area contributed by atoms with Crippen LogP contribution in [0.25, 0.3) is 0 Å². The van der Waals surface area contributed by atoms with Crippen LogP contribution in [0.5, 0.6) is 0 Å². The van der Waals surface area contributed by atoms with Gasteiger partial charge < -0.3 is 0 Å². The van der Waals surface area contributed by atoms with E-state index in [9.17, 15) is 4.79 Å². The highest BCUT2D eigenvalue weighted by molar-refractivity contribution is 7.98. The van der Waals surface area contributed by atoms with E-state index in [-0.39, 0.29) is 5.78 Å². The number of thioether (sulfide) groups is 1. The van der Waals surface area contributed by atoms with E-state index < -0.39 is 0 Å². The third-order valence-electron chi connectivity index (χ3n) is 2.77. The van der Waals surface area contributed by atoms with Crippen molar-refractivity contribution in [3.8, 4) is 0 Å². The second-order valence-electron chi connectivity index (χ2n) is 4.00. The van der Waals surface area contributed by atoms with E-state index in [0.29, 0.717) is 16.3 Å². The van der Waals surface area contributed by atoms with Gasteiger partial charge in [0.05, 0.1) is 11.3 Å². The Kier molecular flexibility index (Phi) is 3.77. The molecule has 0 bridgehead atoms. The van der Waals surface area contributed by atoms with E-state index in [1.54, 1.807) is 6.20 Å². The number of benzene rings is 1. The molecular weight excluding hydrogens is 244 g/mol. The lowest BCUT2D eigenvalue weighted by Gasteiger charge is -2.07. The summed E-state index contributed by atoms with van der Waals surface area (Å²) in [4.78, 5) is 20.9. The monoisotopic (exact) mass is 258 g/mol. The second-order valence-corrected chi connectivity index (χ2v) is 4.77. The number of carbonyl (C=O) groups is 1. The summed E-state index contributed by atoms with van der Waals surface area (Å²) in [7, 11) is 0. The van der Waals surface area contributed by atoms with Gasteiger partial charge in [0, 0.05) is 11.8 Å². The van der Waals surface area contributed by atoms with E-state index in [0.717, 1.165) is 11.3 Å². The van der Waals surface area contributed by atoms with Crippen LogP contribution in [0.1, 0.15) is 27.2 Å². The Morgan fingerprint density at radius 1 is 1.17 bits per heavy atom. The highest BCUT2D eigenvalue weighted by Crippen LogP contribution is 2.17. The zero-order valence-corrected chi connectivity index (χ0v) is 11.4. The molecule has 1 heterocycles. The average molecular weight is 258 g/mol. The molecule has 0 unspecified atom stereocenters. The zero-order chi connectivity index (χ0) is 13.1. The Morgan fingerprint density at radius 2 is 1.89 bits per heavy atom. The van der Waals surface area contributed by atoms with Gasteiger partial charge in [0.2, 0.25) is 0 Å². The van der Waals surface area contributed by atoms with Crippen LogP contribution in [0.3, 0.4) is 0 Å². The number of nitrogens with zero attached hydrogens (tertiary/aromatic N) is 2. The highest BCUT2D eigenvalue weighted by atomic mass is 32.2. The van der Waals surface area contributed by atoms with Crippen molar-refractivity contribution in [2.24, 2.45) is 0 Å². The molecule has 0 aliphatic rings. The smallest absolute Gasteiger partial charge is 0.196 e. The molecular formula is C14H14N2OS. The summed E-state index contributed by atoms with van der Waals surface area (Å²) >= 11 is 1.47. The van der Waals surface area contributed by atoms with Gasteiger partial charge in [0.15, 0.2) is 10.9 Å². The van der Waals surface area contributed by atoms with E-state index in [4.69, 9.17) is 0 Å². The fourth-order valence-electron chi connectivity index (χ4n) is 1.74. The Hall–Kier alpha value is -1.68. The van der Waals surface area contributed by atoms with Crippen LogP contribution in [0, 0.1) is 13.8 Å². The number of aryl methyl sites for hydroxylation is 2. The number of hydrogen-bond acceptors (Lipinski definition) is 4. The Bertz CT molecular complexity index is 596. The summed E-state index contributed by atoms with van der Waals surface area (Å²) < 4.78 is 0. The summed E-state index contributed by atoms with van der Waals surface area (Å²) in [5, 5.41) is 0.689. The molecule has 0 fully saturated rings. The van der Waals surface area contributed by atoms with Gasteiger partial charge >= 0.3 is 0 Å². The molecule has 1 aromatic carbocycles. The molecule has 92 valence electrons. The summed E-state index contributed by atoms with van der Waals surface area (Å²) in [6.45, 7) is 3.77. The fourth-order valence-corrected chi connectivity index (χ4v) is 2.13. The number of ketones is 1. The standard InChI is InChI=1S/C14H14N2OS/c1-9-6-4-5-7-11(9)13(17)12-8-15-14(18-3)16-10(12)2/h4-8H,1-3H3. The van der Waals surface area contributed by atoms with Gasteiger partial charge in [-0.15, -0.1) is 0 Å². The van der Waals surface area contributed by atoms with Crippen molar-refractivity contribution in [2.75, 3.05) is 6.26 Å². The van der Waals surface area contributed by atoms with Crippen LogP contribution < -0.4 is 0 Å². The molecule has 0 amide bonds. The summed E-state index contributed by atoms with van der Waals surface area (Å²) in [6, 6.07) is 7.55. The predicted molar refractivity (Wildman–Crippen MR) is 73.2 cm³/mol. The summed E-state index contributed by atoms with van der Waals surface area (Å²) in [5.41, 5.74) is 2.97. The van der Waals surface area contributed by atoms with Crippen molar-refractivity contribution >= 4 is 17.5 Å². The van der Waals surface area contributed by atoms with Gasteiger partial charge in [-0.3, -0.25) is 4.79 Å². The molecule has 0 spiro atoms. The lowest BCUT2D eigenvalue weighted by atomic mass is 9.99. The average Bonchev–Trinajstić information content (AvgIpc) is 2.38. The third-order valence-corrected chi connectivity index (χ3v) is 3.34. The maximum absolute atomic E-state index is 12.4. The molecule has 4 heteroatoms. The molecule has 1 aromatic heterocycles. The zero-order valence-electron chi connectivity index (χ0n) is 10.6. The molecule has 3 nitrogen and oxygen atoms in total. The minimum absolute atomic E-state index is 0.0155. The van der Waals surface area contributed by atoms with Gasteiger partial charge in [-0.2, -0.15) is 0 Å². The maximum Gasteiger partial charge on any atom is 0.196 e. The van der Waals surface area contributed by atoms with Gasteiger partial charge in [0.1, 0.15) is 0 Å². The van der Waals surface area contributed by atoms with Crippen molar-refractivity contribution in [3.63, 3.8) is 0 Å². The molecule has 0 radical (unpaired) electrons. The highest BCUT2D eigenvalue weighted by Gasteiger charge is 2.15. The van der Waals surface area contributed by atoms with E-state index >= 15 is 0 Å². The lowest BCUT2D eigenvalue weighted by Crippen LogP contribution is -2.08. The Morgan fingerprint density at radius 3 is 2.50 bits per heavy atom. The minimum atomic E-state index is -0.0155. The predicted octanol–water partition coefficient (Wildman–Crippen LogP) is 3.05. The quantitative estimate of drug-likeness (QED) is 0.482. The molecule has 18 heavy (non-hydrogen) atoms. The molecule has 0 N–H and O–H groups in total. The van der Waals surface area contributed by atoms with E-state index in [1.165, 1.54) is 11.8 Å². The van der Waals surface area contributed by atoms with Gasteiger partial charge in [-0.05, 0) is 25.7 Å². The largest absolute Gasteiger partial charge is 0.288 e. The van der Waals surface area contributed by atoms with E-state index in [1.807, 2.05) is 44.4 Å². The van der Waals surface area contributed by atoms with Crippen LogP contribution >= 0.6 is 11.8 Å². The topological polar surface area (TPSA) is 42.9 Å². The van der Waals surface area contributed by atoms with Crippen molar-refractivity contribution in [1.82, 2.24) is 9.97 Å².